The molecule has 1 unspecified atom stereocenters. The zero-order valence-corrected chi connectivity index (χ0v) is 13.5. The van der Waals surface area contributed by atoms with Gasteiger partial charge in [0.05, 0.1) is 16.6 Å². The first kappa shape index (κ1) is 17.5. The molecule has 1 aliphatic rings. The molecule has 7 heteroatoms. The molecule has 4 nitrogen and oxygen atoms in total. The lowest BCUT2D eigenvalue weighted by atomic mass is 10.2. The minimum absolute atomic E-state index is 0. The summed E-state index contributed by atoms with van der Waals surface area (Å²) in [6.45, 7) is 5.22. The smallest absolute Gasteiger partial charge is 0.238 e. The molecule has 0 aromatic heterocycles. The largest absolute Gasteiger partial charge is 0.325 e. The van der Waals surface area contributed by atoms with E-state index in [0.29, 0.717) is 28.3 Å². The van der Waals surface area contributed by atoms with Crippen LogP contribution in [0.3, 0.4) is 0 Å². The molecule has 1 fully saturated rings. The third-order valence-corrected chi connectivity index (χ3v) is 3.93. The first-order valence-corrected chi connectivity index (χ1v) is 7.01. The maximum atomic E-state index is 12.0. The molecule has 112 valence electrons. The second-order valence-electron chi connectivity index (χ2n) is 4.70. The molecule has 1 aliphatic heterocycles. The van der Waals surface area contributed by atoms with Crippen LogP contribution in [0.2, 0.25) is 10.0 Å². The fourth-order valence-corrected chi connectivity index (χ4v) is 2.37. The van der Waals surface area contributed by atoms with Gasteiger partial charge in [0.1, 0.15) is 0 Å². The van der Waals surface area contributed by atoms with Crippen LogP contribution in [-0.2, 0) is 4.79 Å². The van der Waals surface area contributed by atoms with Crippen LogP contribution in [0.5, 0.6) is 0 Å². The number of rotatable bonds is 3. The van der Waals surface area contributed by atoms with Crippen LogP contribution in [0, 0.1) is 0 Å². The van der Waals surface area contributed by atoms with Crippen LogP contribution in [0.25, 0.3) is 0 Å². The van der Waals surface area contributed by atoms with Gasteiger partial charge in [-0.05, 0) is 25.1 Å². The van der Waals surface area contributed by atoms with Crippen molar-refractivity contribution in [1.82, 2.24) is 10.2 Å². The molecule has 1 atom stereocenters. The van der Waals surface area contributed by atoms with Gasteiger partial charge in [-0.3, -0.25) is 9.69 Å². The van der Waals surface area contributed by atoms with Crippen LogP contribution >= 0.6 is 35.6 Å². The van der Waals surface area contributed by atoms with E-state index in [1.807, 2.05) is 0 Å². The van der Waals surface area contributed by atoms with Crippen LogP contribution < -0.4 is 10.6 Å². The molecular weight excluding hydrogens is 321 g/mol. The summed E-state index contributed by atoms with van der Waals surface area (Å²) >= 11 is 11.7. The SMILES string of the molecule is CC1CNCCN1CC(=O)Nc1ccc(Cl)c(Cl)c1.Cl. The van der Waals surface area contributed by atoms with Gasteiger partial charge in [0.2, 0.25) is 5.91 Å². The van der Waals surface area contributed by atoms with Crippen molar-refractivity contribution in [2.45, 2.75) is 13.0 Å². The normalized spacial score (nSPS) is 19.2. The Hall–Kier alpha value is -0.520. The number of benzene rings is 1. The number of hydrogen-bond donors (Lipinski definition) is 2. The number of carbonyl (C=O) groups is 1. The van der Waals surface area contributed by atoms with Gasteiger partial charge in [-0.2, -0.15) is 0 Å². The van der Waals surface area contributed by atoms with Crippen molar-refractivity contribution in [2.75, 3.05) is 31.5 Å². The van der Waals surface area contributed by atoms with E-state index in [0.717, 1.165) is 19.6 Å². The molecule has 1 aromatic carbocycles. The summed E-state index contributed by atoms with van der Waals surface area (Å²) in [5.41, 5.74) is 0.669. The van der Waals surface area contributed by atoms with E-state index >= 15 is 0 Å². The second kappa shape index (κ2) is 8.05. The molecule has 1 heterocycles. The Morgan fingerprint density at radius 3 is 2.85 bits per heavy atom. The minimum atomic E-state index is -0.0351. The number of nitrogens with zero attached hydrogens (tertiary/aromatic N) is 1. The number of nitrogens with one attached hydrogen (secondary N) is 2. The minimum Gasteiger partial charge on any atom is -0.325 e. The van der Waals surface area contributed by atoms with E-state index < -0.39 is 0 Å². The number of halogens is 3. The highest BCUT2D eigenvalue weighted by Gasteiger charge is 2.20. The fraction of sp³-hybridized carbons (Fsp3) is 0.462. The Labute approximate surface area is 135 Å². The number of piperazine rings is 1. The maximum absolute atomic E-state index is 12.0. The molecule has 1 amide bonds. The summed E-state index contributed by atoms with van der Waals surface area (Å²) in [6.07, 6.45) is 0. The average Bonchev–Trinajstić information content (AvgIpc) is 2.37. The predicted molar refractivity (Wildman–Crippen MR) is 86.2 cm³/mol. The summed E-state index contributed by atoms with van der Waals surface area (Å²) < 4.78 is 0. The van der Waals surface area contributed by atoms with Crippen molar-refractivity contribution in [3.63, 3.8) is 0 Å². The van der Waals surface area contributed by atoms with Crippen molar-refractivity contribution in [3.8, 4) is 0 Å². The number of amides is 1. The highest BCUT2D eigenvalue weighted by atomic mass is 35.5. The van der Waals surface area contributed by atoms with Crippen LogP contribution in [0.4, 0.5) is 5.69 Å². The van der Waals surface area contributed by atoms with Gasteiger partial charge in [-0.1, -0.05) is 23.2 Å². The molecule has 0 radical (unpaired) electrons. The molecule has 0 aliphatic carbocycles. The Morgan fingerprint density at radius 2 is 2.20 bits per heavy atom. The van der Waals surface area contributed by atoms with E-state index in [-0.39, 0.29) is 18.3 Å². The van der Waals surface area contributed by atoms with Gasteiger partial charge in [0, 0.05) is 31.4 Å². The fourth-order valence-electron chi connectivity index (χ4n) is 2.08. The molecule has 0 spiro atoms. The van der Waals surface area contributed by atoms with Crippen molar-refractivity contribution in [2.24, 2.45) is 0 Å². The van der Waals surface area contributed by atoms with Crippen LogP contribution in [0.1, 0.15) is 6.92 Å². The van der Waals surface area contributed by atoms with Gasteiger partial charge >= 0.3 is 0 Å². The third kappa shape index (κ3) is 4.79. The van der Waals surface area contributed by atoms with Gasteiger partial charge in [-0.25, -0.2) is 0 Å². The van der Waals surface area contributed by atoms with E-state index in [1.165, 1.54) is 0 Å². The average molecular weight is 339 g/mol. The van der Waals surface area contributed by atoms with Crippen LogP contribution in [0.15, 0.2) is 18.2 Å². The molecule has 2 rings (SSSR count). The van der Waals surface area contributed by atoms with Crippen molar-refractivity contribution in [1.29, 1.82) is 0 Å². The Kier molecular flexibility index (Phi) is 7.06. The molecule has 1 aromatic rings. The van der Waals surface area contributed by atoms with Gasteiger partial charge in [0.25, 0.3) is 0 Å². The van der Waals surface area contributed by atoms with Crippen molar-refractivity contribution in [3.05, 3.63) is 28.2 Å². The van der Waals surface area contributed by atoms with Crippen LogP contribution in [-0.4, -0.2) is 43.0 Å². The molecule has 20 heavy (non-hydrogen) atoms. The zero-order valence-electron chi connectivity index (χ0n) is 11.2. The summed E-state index contributed by atoms with van der Waals surface area (Å²) in [5, 5.41) is 7.05. The highest BCUT2D eigenvalue weighted by Crippen LogP contribution is 2.24. The Bertz CT molecular complexity index is 470. The summed E-state index contributed by atoms with van der Waals surface area (Å²) in [4.78, 5) is 14.1. The highest BCUT2D eigenvalue weighted by molar-refractivity contribution is 6.42. The standard InChI is InChI=1S/C13H17Cl2N3O.ClH/c1-9-7-16-4-5-18(9)8-13(19)17-10-2-3-11(14)12(15)6-10;/h2-3,6,9,16H,4-5,7-8H2,1H3,(H,17,19);1H. The lowest BCUT2D eigenvalue weighted by molar-refractivity contribution is -0.118. The second-order valence-corrected chi connectivity index (χ2v) is 5.52. The first-order chi connectivity index (χ1) is 9.06. The maximum Gasteiger partial charge on any atom is 0.238 e. The van der Waals surface area contributed by atoms with Gasteiger partial charge in [-0.15, -0.1) is 12.4 Å². The summed E-state index contributed by atoms with van der Waals surface area (Å²) in [6, 6.07) is 5.44. The number of carbonyl (C=O) groups excluding carboxylic acids is 1. The monoisotopic (exact) mass is 337 g/mol. The van der Waals surface area contributed by atoms with E-state index in [2.05, 4.69) is 22.5 Å². The molecule has 1 saturated heterocycles. The van der Waals surface area contributed by atoms with E-state index in [1.54, 1.807) is 18.2 Å². The van der Waals surface area contributed by atoms with Gasteiger partial charge in [0.15, 0.2) is 0 Å². The number of hydrogen-bond acceptors (Lipinski definition) is 3. The summed E-state index contributed by atoms with van der Waals surface area (Å²) in [7, 11) is 0. The van der Waals surface area contributed by atoms with Crippen molar-refractivity contribution < 1.29 is 4.79 Å². The van der Waals surface area contributed by atoms with E-state index in [4.69, 9.17) is 23.2 Å². The number of anilines is 1. The molecule has 0 bridgehead atoms. The molecule has 2 N–H and O–H groups in total. The molecule has 0 saturated carbocycles. The quantitative estimate of drug-likeness (QED) is 0.890. The van der Waals surface area contributed by atoms with E-state index in [9.17, 15) is 4.79 Å². The summed E-state index contributed by atoms with van der Waals surface area (Å²) in [5.74, 6) is -0.0351. The lowest BCUT2D eigenvalue weighted by Crippen LogP contribution is -2.51. The zero-order chi connectivity index (χ0) is 13.8. The Morgan fingerprint density at radius 1 is 1.45 bits per heavy atom. The first-order valence-electron chi connectivity index (χ1n) is 6.26. The molecular formula is C13H18Cl3N3O. The topological polar surface area (TPSA) is 44.4 Å². The Balaban J connectivity index is 0.00000200. The third-order valence-electron chi connectivity index (χ3n) is 3.19. The van der Waals surface area contributed by atoms with Crippen molar-refractivity contribution >= 4 is 47.2 Å². The predicted octanol–water partition coefficient (Wildman–Crippen LogP) is 2.65. The lowest BCUT2D eigenvalue weighted by Gasteiger charge is -2.33. The van der Waals surface area contributed by atoms with Gasteiger partial charge < -0.3 is 10.6 Å².